The number of benzene rings is 2. The Bertz CT molecular complexity index is 1000. The molecule has 9 nitrogen and oxygen atoms in total. The number of hydrogen-bond donors (Lipinski definition) is 2. The molecule has 2 aliphatic heterocycles. The van der Waals surface area contributed by atoms with Gasteiger partial charge in [-0.25, -0.2) is 0 Å². The molecular formula is C20H17N3O6. The molecule has 0 unspecified atom stereocenters. The number of carbonyl (C=O) groups is 3. The van der Waals surface area contributed by atoms with Crippen molar-refractivity contribution in [1.29, 1.82) is 0 Å². The molecule has 2 aromatic carbocycles. The number of rotatable bonds is 4. The lowest BCUT2D eigenvalue weighted by atomic mass is 10.2. The summed E-state index contributed by atoms with van der Waals surface area (Å²) in [4.78, 5) is 37.5. The largest absolute Gasteiger partial charge is 0.482 e. The highest BCUT2D eigenvalue weighted by Crippen LogP contribution is 2.33. The van der Waals surface area contributed by atoms with Crippen LogP contribution in [0.2, 0.25) is 0 Å². The summed E-state index contributed by atoms with van der Waals surface area (Å²) in [5.41, 5.74) is 5.82. The Morgan fingerprint density at radius 3 is 2.72 bits per heavy atom. The van der Waals surface area contributed by atoms with Crippen molar-refractivity contribution in [2.75, 3.05) is 24.8 Å². The molecule has 0 spiro atoms. The number of hydrogen-bond acceptors (Lipinski definition) is 6. The summed E-state index contributed by atoms with van der Waals surface area (Å²) in [5, 5.41) is 0. The van der Waals surface area contributed by atoms with Gasteiger partial charge in [-0.3, -0.25) is 30.1 Å². The van der Waals surface area contributed by atoms with E-state index in [0.29, 0.717) is 22.9 Å². The first-order chi connectivity index (χ1) is 14.1. The summed E-state index contributed by atoms with van der Waals surface area (Å²) >= 11 is 0. The van der Waals surface area contributed by atoms with Crippen LogP contribution in [0.5, 0.6) is 17.2 Å². The first-order valence-corrected chi connectivity index (χ1v) is 8.79. The molecule has 4 rings (SSSR count). The highest BCUT2D eigenvalue weighted by molar-refractivity contribution is 6.02. The molecule has 2 heterocycles. The van der Waals surface area contributed by atoms with E-state index in [4.69, 9.17) is 14.2 Å². The number of ether oxygens (including phenoxy) is 3. The van der Waals surface area contributed by atoms with Crippen LogP contribution in [0.3, 0.4) is 0 Å². The lowest BCUT2D eigenvalue weighted by Crippen LogP contribution is -2.49. The maximum Gasteiger partial charge on any atom is 0.265 e. The lowest BCUT2D eigenvalue weighted by molar-refractivity contribution is -0.127. The highest BCUT2D eigenvalue weighted by atomic mass is 16.7. The number of anilines is 1. The molecular weight excluding hydrogens is 378 g/mol. The third-order valence-electron chi connectivity index (χ3n) is 4.26. The van der Waals surface area contributed by atoms with Gasteiger partial charge in [-0.15, -0.1) is 0 Å². The molecule has 0 bridgehead atoms. The Morgan fingerprint density at radius 2 is 1.83 bits per heavy atom. The van der Waals surface area contributed by atoms with Crippen LogP contribution in [-0.4, -0.2) is 37.7 Å². The van der Waals surface area contributed by atoms with Crippen molar-refractivity contribution in [1.82, 2.24) is 10.9 Å². The molecule has 0 radical (unpaired) electrons. The zero-order valence-corrected chi connectivity index (χ0v) is 15.2. The number of para-hydroxylation sites is 2. The molecule has 2 aliphatic rings. The second kappa shape index (κ2) is 7.93. The summed E-state index contributed by atoms with van der Waals surface area (Å²) in [6.45, 7) is -0.217. The second-order valence-electron chi connectivity index (χ2n) is 6.22. The molecule has 0 saturated heterocycles. The van der Waals surface area contributed by atoms with E-state index in [1.807, 2.05) is 0 Å². The van der Waals surface area contributed by atoms with Gasteiger partial charge in [0.05, 0.1) is 5.69 Å². The molecule has 0 aromatic heterocycles. The number of fused-ring (bicyclic) bond motifs is 2. The SMILES string of the molecule is O=C(/C=C/c1ccc2c(c1)OCO2)NNC(=O)CN1C(=O)COc2ccccc21. The minimum Gasteiger partial charge on any atom is -0.482 e. The van der Waals surface area contributed by atoms with Gasteiger partial charge in [0, 0.05) is 6.08 Å². The zero-order valence-electron chi connectivity index (χ0n) is 15.2. The highest BCUT2D eigenvalue weighted by Gasteiger charge is 2.26. The van der Waals surface area contributed by atoms with E-state index < -0.39 is 11.8 Å². The quantitative estimate of drug-likeness (QED) is 0.591. The summed E-state index contributed by atoms with van der Waals surface area (Å²) in [5.74, 6) is 0.377. The summed E-state index contributed by atoms with van der Waals surface area (Å²) in [6, 6.07) is 12.2. The third-order valence-corrected chi connectivity index (χ3v) is 4.26. The van der Waals surface area contributed by atoms with E-state index in [1.54, 1.807) is 48.5 Å². The standard InChI is InChI=1S/C20H17N3O6/c24-18(8-6-13-5-7-16-17(9-13)29-12-28-16)21-22-19(25)10-23-14-3-1-2-4-15(14)27-11-20(23)26/h1-9H,10-12H2,(H,21,24)(H,22,25)/b8-6+. The van der Waals surface area contributed by atoms with Gasteiger partial charge in [0.2, 0.25) is 6.79 Å². The molecule has 0 fully saturated rings. The Balaban J connectivity index is 1.30. The van der Waals surface area contributed by atoms with Crippen molar-refractivity contribution >= 4 is 29.5 Å². The van der Waals surface area contributed by atoms with Crippen molar-refractivity contribution in [2.24, 2.45) is 0 Å². The Hall–Kier alpha value is -4.01. The Labute approximate surface area is 165 Å². The smallest absolute Gasteiger partial charge is 0.265 e. The number of nitrogens with zero attached hydrogens (tertiary/aromatic N) is 1. The summed E-state index contributed by atoms with van der Waals surface area (Å²) < 4.78 is 15.8. The van der Waals surface area contributed by atoms with Crippen LogP contribution in [0.15, 0.2) is 48.5 Å². The van der Waals surface area contributed by atoms with Gasteiger partial charge in [0.1, 0.15) is 12.3 Å². The summed E-state index contributed by atoms with van der Waals surface area (Å²) in [6.07, 6.45) is 2.85. The van der Waals surface area contributed by atoms with Crippen LogP contribution in [0.25, 0.3) is 6.08 Å². The predicted molar refractivity (Wildman–Crippen MR) is 102 cm³/mol. The van der Waals surface area contributed by atoms with Crippen LogP contribution in [0, 0.1) is 0 Å². The van der Waals surface area contributed by atoms with Crippen molar-refractivity contribution < 1.29 is 28.6 Å². The fourth-order valence-corrected chi connectivity index (χ4v) is 2.87. The molecule has 2 aromatic rings. The first kappa shape index (κ1) is 18.4. The van der Waals surface area contributed by atoms with Crippen molar-refractivity contribution in [3.63, 3.8) is 0 Å². The maximum atomic E-state index is 12.2. The molecule has 2 N–H and O–H groups in total. The van der Waals surface area contributed by atoms with E-state index in [9.17, 15) is 14.4 Å². The minimum absolute atomic E-state index is 0.144. The number of carbonyl (C=O) groups excluding carboxylic acids is 3. The van der Waals surface area contributed by atoms with Crippen LogP contribution in [0.1, 0.15) is 5.56 Å². The number of amides is 3. The van der Waals surface area contributed by atoms with E-state index in [2.05, 4.69) is 10.9 Å². The normalized spacial score (nSPS) is 14.3. The van der Waals surface area contributed by atoms with Crippen LogP contribution in [-0.2, 0) is 14.4 Å². The Morgan fingerprint density at radius 1 is 1.00 bits per heavy atom. The molecule has 9 heteroatoms. The topological polar surface area (TPSA) is 106 Å². The van der Waals surface area contributed by atoms with E-state index in [0.717, 1.165) is 5.56 Å². The van der Waals surface area contributed by atoms with Crippen LogP contribution in [0.4, 0.5) is 5.69 Å². The molecule has 148 valence electrons. The van der Waals surface area contributed by atoms with Gasteiger partial charge in [0.15, 0.2) is 18.1 Å². The maximum absolute atomic E-state index is 12.2. The molecule has 29 heavy (non-hydrogen) atoms. The van der Waals surface area contributed by atoms with Gasteiger partial charge < -0.3 is 14.2 Å². The lowest BCUT2D eigenvalue weighted by Gasteiger charge is -2.28. The van der Waals surface area contributed by atoms with E-state index in [-0.39, 0.29) is 25.9 Å². The molecule has 0 saturated carbocycles. The fourth-order valence-electron chi connectivity index (χ4n) is 2.87. The van der Waals surface area contributed by atoms with E-state index in [1.165, 1.54) is 11.0 Å². The number of hydrazine groups is 1. The minimum atomic E-state index is -0.542. The monoisotopic (exact) mass is 395 g/mol. The van der Waals surface area contributed by atoms with Crippen molar-refractivity contribution in [2.45, 2.75) is 0 Å². The fraction of sp³-hybridized carbons (Fsp3) is 0.150. The Kier molecular flexibility index (Phi) is 5.02. The molecule has 0 atom stereocenters. The second-order valence-corrected chi connectivity index (χ2v) is 6.22. The van der Waals surface area contributed by atoms with E-state index >= 15 is 0 Å². The summed E-state index contributed by atoms with van der Waals surface area (Å²) in [7, 11) is 0. The molecule has 0 aliphatic carbocycles. The van der Waals surface area contributed by atoms with Gasteiger partial charge in [-0.05, 0) is 35.9 Å². The van der Waals surface area contributed by atoms with Crippen LogP contribution < -0.4 is 30.0 Å². The van der Waals surface area contributed by atoms with Gasteiger partial charge in [-0.1, -0.05) is 18.2 Å². The van der Waals surface area contributed by atoms with Crippen molar-refractivity contribution in [3.8, 4) is 17.2 Å². The first-order valence-electron chi connectivity index (χ1n) is 8.79. The predicted octanol–water partition coefficient (Wildman–Crippen LogP) is 1.00. The average Bonchev–Trinajstić information content (AvgIpc) is 3.20. The van der Waals surface area contributed by atoms with Gasteiger partial charge in [-0.2, -0.15) is 0 Å². The van der Waals surface area contributed by atoms with Crippen molar-refractivity contribution in [3.05, 3.63) is 54.1 Å². The molecule has 3 amide bonds. The van der Waals surface area contributed by atoms with Gasteiger partial charge in [0.25, 0.3) is 17.7 Å². The van der Waals surface area contributed by atoms with Gasteiger partial charge >= 0.3 is 0 Å². The zero-order chi connectivity index (χ0) is 20.2. The van der Waals surface area contributed by atoms with Crippen LogP contribution >= 0.6 is 0 Å². The third kappa shape index (κ3) is 4.13. The average molecular weight is 395 g/mol. The number of nitrogens with one attached hydrogen (secondary N) is 2.